The number of thioether (sulfide) groups is 1. The number of amides is 2. The molecule has 1 aromatic carbocycles. The SMILES string of the molecule is C[C@H](NC(=O)CCN1C(=O)CSc2ccccc21)[C@H]1CCCO1. The zero-order chi connectivity index (χ0) is 16.2. The monoisotopic (exact) mass is 334 g/mol. The number of hydrogen-bond donors (Lipinski definition) is 1. The summed E-state index contributed by atoms with van der Waals surface area (Å²) in [6.07, 6.45) is 2.48. The van der Waals surface area contributed by atoms with Gasteiger partial charge in [0.15, 0.2) is 0 Å². The van der Waals surface area contributed by atoms with Gasteiger partial charge >= 0.3 is 0 Å². The molecular weight excluding hydrogens is 312 g/mol. The molecule has 5 nitrogen and oxygen atoms in total. The number of anilines is 1. The minimum absolute atomic E-state index is 0.0184. The Bertz CT molecular complexity index is 587. The predicted octanol–water partition coefficient (Wildman–Crippen LogP) is 2.20. The lowest BCUT2D eigenvalue weighted by Gasteiger charge is -2.29. The summed E-state index contributed by atoms with van der Waals surface area (Å²) in [5, 5.41) is 2.99. The molecular formula is C17H22N2O3S. The molecule has 0 bridgehead atoms. The fourth-order valence-electron chi connectivity index (χ4n) is 3.03. The molecule has 2 amide bonds. The number of nitrogens with one attached hydrogen (secondary N) is 1. The number of nitrogens with zero attached hydrogens (tertiary/aromatic N) is 1. The highest BCUT2D eigenvalue weighted by atomic mass is 32.2. The van der Waals surface area contributed by atoms with E-state index in [1.54, 1.807) is 16.7 Å². The van der Waals surface area contributed by atoms with Crippen LogP contribution in [0, 0.1) is 0 Å². The van der Waals surface area contributed by atoms with Gasteiger partial charge in [0.2, 0.25) is 11.8 Å². The molecule has 1 aromatic rings. The number of ether oxygens (including phenoxy) is 1. The fraction of sp³-hybridized carbons (Fsp3) is 0.529. The maximum absolute atomic E-state index is 12.2. The van der Waals surface area contributed by atoms with E-state index in [2.05, 4.69) is 5.32 Å². The lowest BCUT2D eigenvalue weighted by molar-refractivity contribution is -0.122. The van der Waals surface area contributed by atoms with Crippen molar-refractivity contribution >= 4 is 29.3 Å². The van der Waals surface area contributed by atoms with Gasteiger partial charge in [-0.15, -0.1) is 11.8 Å². The highest BCUT2D eigenvalue weighted by Gasteiger charge is 2.26. The Morgan fingerprint density at radius 1 is 1.48 bits per heavy atom. The van der Waals surface area contributed by atoms with Crippen LogP contribution in [0.25, 0.3) is 0 Å². The van der Waals surface area contributed by atoms with Gasteiger partial charge in [-0.1, -0.05) is 12.1 Å². The summed E-state index contributed by atoms with van der Waals surface area (Å²) in [6.45, 7) is 3.17. The normalized spacial score (nSPS) is 21.9. The number of para-hydroxylation sites is 1. The molecule has 1 N–H and O–H groups in total. The molecule has 2 aliphatic heterocycles. The summed E-state index contributed by atoms with van der Waals surface area (Å²) in [4.78, 5) is 27.1. The molecule has 1 fully saturated rings. The third kappa shape index (κ3) is 3.87. The van der Waals surface area contributed by atoms with E-state index in [0.29, 0.717) is 18.7 Å². The van der Waals surface area contributed by atoms with E-state index in [9.17, 15) is 9.59 Å². The van der Waals surface area contributed by atoms with Crippen molar-refractivity contribution in [1.29, 1.82) is 0 Å². The van der Waals surface area contributed by atoms with Gasteiger partial charge in [0.1, 0.15) is 0 Å². The fourth-order valence-corrected chi connectivity index (χ4v) is 3.96. The highest BCUT2D eigenvalue weighted by molar-refractivity contribution is 8.00. The third-order valence-electron chi connectivity index (χ3n) is 4.28. The van der Waals surface area contributed by atoms with Crippen LogP contribution in [0.5, 0.6) is 0 Å². The summed E-state index contributed by atoms with van der Waals surface area (Å²) in [6, 6.07) is 7.86. The van der Waals surface area contributed by atoms with Crippen LogP contribution in [-0.2, 0) is 14.3 Å². The molecule has 124 valence electrons. The van der Waals surface area contributed by atoms with Crippen LogP contribution in [-0.4, -0.2) is 42.9 Å². The summed E-state index contributed by atoms with van der Waals surface area (Å²) >= 11 is 1.55. The van der Waals surface area contributed by atoms with E-state index >= 15 is 0 Å². The highest BCUT2D eigenvalue weighted by Crippen LogP contribution is 2.34. The Balaban J connectivity index is 1.55. The molecule has 0 aromatic heterocycles. The van der Waals surface area contributed by atoms with Gasteiger partial charge in [-0.3, -0.25) is 9.59 Å². The lowest BCUT2D eigenvalue weighted by Crippen LogP contribution is -2.43. The van der Waals surface area contributed by atoms with Crippen LogP contribution in [0.15, 0.2) is 29.2 Å². The predicted molar refractivity (Wildman–Crippen MR) is 90.7 cm³/mol. The van der Waals surface area contributed by atoms with E-state index in [0.717, 1.165) is 30.0 Å². The van der Waals surface area contributed by atoms with Gasteiger partial charge in [0.05, 0.1) is 23.6 Å². The maximum atomic E-state index is 12.2. The summed E-state index contributed by atoms with van der Waals surface area (Å²) in [7, 11) is 0. The van der Waals surface area contributed by atoms with Crippen molar-refractivity contribution < 1.29 is 14.3 Å². The zero-order valence-corrected chi connectivity index (χ0v) is 14.1. The lowest BCUT2D eigenvalue weighted by atomic mass is 10.1. The van der Waals surface area contributed by atoms with E-state index in [-0.39, 0.29) is 24.0 Å². The second-order valence-corrected chi connectivity index (χ2v) is 6.98. The molecule has 1 saturated heterocycles. The van der Waals surface area contributed by atoms with E-state index in [1.165, 1.54) is 0 Å². The van der Waals surface area contributed by atoms with Crippen molar-refractivity contribution in [3.05, 3.63) is 24.3 Å². The van der Waals surface area contributed by atoms with Crippen molar-refractivity contribution in [1.82, 2.24) is 5.32 Å². The smallest absolute Gasteiger partial charge is 0.237 e. The number of hydrogen-bond acceptors (Lipinski definition) is 4. The average molecular weight is 334 g/mol. The van der Waals surface area contributed by atoms with E-state index in [4.69, 9.17) is 4.74 Å². The Morgan fingerprint density at radius 2 is 2.30 bits per heavy atom. The maximum Gasteiger partial charge on any atom is 0.237 e. The van der Waals surface area contributed by atoms with E-state index < -0.39 is 0 Å². The van der Waals surface area contributed by atoms with Gasteiger partial charge < -0.3 is 15.0 Å². The second-order valence-electron chi connectivity index (χ2n) is 5.96. The number of rotatable bonds is 5. The topological polar surface area (TPSA) is 58.6 Å². The first-order valence-electron chi connectivity index (χ1n) is 8.08. The van der Waals surface area contributed by atoms with Crippen LogP contribution in [0.2, 0.25) is 0 Å². The Labute approximate surface area is 140 Å². The van der Waals surface area contributed by atoms with Crippen LogP contribution in [0.3, 0.4) is 0 Å². The second kappa shape index (κ2) is 7.36. The number of fused-ring (bicyclic) bond motifs is 1. The Morgan fingerprint density at radius 3 is 3.09 bits per heavy atom. The molecule has 0 spiro atoms. The van der Waals surface area contributed by atoms with Gasteiger partial charge in [-0.25, -0.2) is 0 Å². The van der Waals surface area contributed by atoms with Crippen molar-refractivity contribution in [2.75, 3.05) is 23.8 Å². The Hall–Kier alpha value is -1.53. The quantitative estimate of drug-likeness (QED) is 0.897. The molecule has 2 aliphatic rings. The summed E-state index contributed by atoms with van der Waals surface area (Å²) in [5.41, 5.74) is 0.911. The molecule has 0 radical (unpaired) electrons. The van der Waals surface area contributed by atoms with Gasteiger partial charge in [0, 0.05) is 24.5 Å². The van der Waals surface area contributed by atoms with Gasteiger partial charge in [0.25, 0.3) is 0 Å². The molecule has 2 atom stereocenters. The van der Waals surface area contributed by atoms with Gasteiger partial charge in [-0.05, 0) is 31.9 Å². The van der Waals surface area contributed by atoms with Crippen LogP contribution < -0.4 is 10.2 Å². The van der Waals surface area contributed by atoms with Crippen molar-refractivity contribution in [2.45, 2.75) is 43.2 Å². The minimum atomic E-state index is -0.0310. The first-order chi connectivity index (χ1) is 11.1. The molecule has 0 saturated carbocycles. The van der Waals surface area contributed by atoms with Gasteiger partial charge in [-0.2, -0.15) is 0 Å². The van der Waals surface area contributed by atoms with Crippen molar-refractivity contribution in [3.8, 4) is 0 Å². The average Bonchev–Trinajstić information content (AvgIpc) is 3.08. The molecule has 2 heterocycles. The Kier molecular flexibility index (Phi) is 5.23. The summed E-state index contributed by atoms with van der Waals surface area (Å²) < 4.78 is 5.59. The van der Waals surface area contributed by atoms with Crippen molar-refractivity contribution in [2.24, 2.45) is 0 Å². The van der Waals surface area contributed by atoms with Crippen LogP contribution >= 0.6 is 11.8 Å². The molecule has 0 unspecified atom stereocenters. The van der Waals surface area contributed by atoms with Crippen LogP contribution in [0.1, 0.15) is 26.2 Å². The zero-order valence-electron chi connectivity index (χ0n) is 13.3. The standard InChI is InChI=1S/C17H22N2O3S/c1-12(14-6-4-10-22-14)18-16(20)8-9-19-13-5-2-3-7-15(13)23-11-17(19)21/h2-3,5,7,12,14H,4,6,8-11H2,1H3,(H,18,20)/t12-,14+/m0/s1. The van der Waals surface area contributed by atoms with Crippen LogP contribution in [0.4, 0.5) is 5.69 Å². The molecule has 3 rings (SSSR count). The largest absolute Gasteiger partial charge is 0.376 e. The number of carbonyl (C=O) groups excluding carboxylic acids is 2. The first kappa shape index (κ1) is 16.3. The third-order valence-corrected chi connectivity index (χ3v) is 5.33. The molecule has 6 heteroatoms. The minimum Gasteiger partial charge on any atom is -0.376 e. The summed E-state index contributed by atoms with van der Waals surface area (Å²) in [5.74, 6) is 0.468. The number of carbonyl (C=O) groups is 2. The first-order valence-corrected chi connectivity index (χ1v) is 9.07. The number of benzene rings is 1. The molecule has 23 heavy (non-hydrogen) atoms. The van der Waals surface area contributed by atoms with Crippen molar-refractivity contribution in [3.63, 3.8) is 0 Å². The van der Waals surface area contributed by atoms with E-state index in [1.807, 2.05) is 31.2 Å². The molecule has 0 aliphatic carbocycles.